The van der Waals surface area contributed by atoms with Gasteiger partial charge < -0.3 is 15.3 Å². The summed E-state index contributed by atoms with van der Waals surface area (Å²) in [6.07, 6.45) is 0. The number of carbonyl (C=O) groups is 1. The molecule has 0 aliphatic heterocycles. The standard InChI is InChI=1S/C12H18N2O2/c1-3-14(4-2)12(16)13-11-7-5-10(9-15)6-8-11/h5-8,15H,3-4,9H2,1-2H3,(H,13,16). The molecule has 1 aromatic rings. The number of rotatable bonds is 4. The Morgan fingerprint density at radius 1 is 1.25 bits per heavy atom. The van der Waals surface area contributed by atoms with Crippen molar-refractivity contribution < 1.29 is 9.90 Å². The molecular weight excluding hydrogens is 204 g/mol. The highest BCUT2D eigenvalue weighted by molar-refractivity contribution is 5.89. The molecule has 16 heavy (non-hydrogen) atoms. The molecule has 0 unspecified atom stereocenters. The molecule has 0 radical (unpaired) electrons. The van der Waals surface area contributed by atoms with E-state index in [0.717, 1.165) is 11.3 Å². The summed E-state index contributed by atoms with van der Waals surface area (Å²) in [7, 11) is 0. The van der Waals surface area contributed by atoms with Crippen molar-refractivity contribution in [3.8, 4) is 0 Å². The first kappa shape index (κ1) is 12.5. The maximum Gasteiger partial charge on any atom is 0.321 e. The topological polar surface area (TPSA) is 52.6 Å². The van der Waals surface area contributed by atoms with E-state index in [1.807, 2.05) is 13.8 Å². The number of urea groups is 1. The van der Waals surface area contributed by atoms with E-state index < -0.39 is 0 Å². The molecule has 0 aliphatic carbocycles. The number of nitrogens with one attached hydrogen (secondary N) is 1. The predicted molar refractivity (Wildman–Crippen MR) is 64.3 cm³/mol. The van der Waals surface area contributed by atoms with Gasteiger partial charge in [-0.25, -0.2) is 4.79 Å². The van der Waals surface area contributed by atoms with Gasteiger partial charge in [0.15, 0.2) is 0 Å². The molecule has 0 atom stereocenters. The van der Waals surface area contributed by atoms with E-state index in [4.69, 9.17) is 5.11 Å². The second-order valence-corrected chi connectivity index (χ2v) is 3.46. The van der Waals surface area contributed by atoms with Crippen LogP contribution in [0.3, 0.4) is 0 Å². The van der Waals surface area contributed by atoms with E-state index in [9.17, 15) is 4.79 Å². The minimum absolute atomic E-state index is 0.0181. The van der Waals surface area contributed by atoms with E-state index in [2.05, 4.69) is 5.32 Å². The molecule has 4 nitrogen and oxygen atoms in total. The molecule has 2 amide bonds. The van der Waals surface area contributed by atoms with Gasteiger partial charge in [-0.1, -0.05) is 12.1 Å². The number of anilines is 1. The zero-order valence-electron chi connectivity index (χ0n) is 9.73. The molecule has 2 N–H and O–H groups in total. The molecule has 1 rings (SSSR count). The Kier molecular flexibility index (Phi) is 4.79. The monoisotopic (exact) mass is 222 g/mol. The molecule has 0 bridgehead atoms. The average molecular weight is 222 g/mol. The Morgan fingerprint density at radius 3 is 2.25 bits per heavy atom. The van der Waals surface area contributed by atoms with E-state index in [1.54, 1.807) is 29.2 Å². The Hall–Kier alpha value is -1.55. The van der Waals surface area contributed by atoms with Crippen molar-refractivity contribution in [2.24, 2.45) is 0 Å². The van der Waals surface area contributed by atoms with Crippen LogP contribution < -0.4 is 5.32 Å². The van der Waals surface area contributed by atoms with Crippen LogP contribution in [0.25, 0.3) is 0 Å². The fraction of sp³-hybridized carbons (Fsp3) is 0.417. The lowest BCUT2D eigenvalue weighted by Gasteiger charge is -2.19. The molecule has 0 aliphatic rings. The third-order valence-electron chi connectivity index (χ3n) is 2.44. The highest BCUT2D eigenvalue weighted by Gasteiger charge is 2.08. The first-order valence-corrected chi connectivity index (χ1v) is 5.47. The average Bonchev–Trinajstić information content (AvgIpc) is 2.31. The van der Waals surface area contributed by atoms with Crippen molar-refractivity contribution >= 4 is 11.7 Å². The number of nitrogens with zero attached hydrogens (tertiary/aromatic N) is 1. The Bertz CT molecular complexity index is 331. The zero-order chi connectivity index (χ0) is 12.0. The van der Waals surface area contributed by atoms with Crippen LogP contribution in [0.4, 0.5) is 10.5 Å². The number of hydrogen-bond donors (Lipinski definition) is 2. The lowest BCUT2D eigenvalue weighted by atomic mass is 10.2. The summed E-state index contributed by atoms with van der Waals surface area (Å²) >= 11 is 0. The van der Waals surface area contributed by atoms with Crippen LogP contribution in [0, 0.1) is 0 Å². The number of aliphatic hydroxyl groups is 1. The van der Waals surface area contributed by atoms with Gasteiger partial charge in [-0.2, -0.15) is 0 Å². The lowest BCUT2D eigenvalue weighted by Crippen LogP contribution is -2.34. The molecular formula is C12H18N2O2. The van der Waals surface area contributed by atoms with Crippen molar-refractivity contribution in [3.05, 3.63) is 29.8 Å². The summed E-state index contributed by atoms with van der Waals surface area (Å²) in [6, 6.07) is 7.05. The lowest BCUT2D eigenvalue weighted by molar-refractivity contribution is 0.217. The van der Waals surface area contributed by atoms with Gasteiger partial charge in [0.1, 0.15) is 0 Å². The summed E-state index contributed by atoms with van der Waals surface area (Å²) in [4.78, 5) is 13.4. The maximum atomic E-state index is 11.7. The molecule has 0 saturated carbocycles. The van der Waals surface area contributed by atoms with Crippen molar-refractivity contribution in [1.29, 1.82) is 0 Å². The second kappa shape index (κ2) is 6.12. The van der Waals surface area contributed by atoms with Gasteiger partial charge in [0, 0.05) is 18.8 Å². The third kappa shape index (κ3) is 3.24. The van der Waals surface area contributed by atoms with Crippen molar-refractivity contribution in [2.75, 3.05) is 18.4 Å². The molecule has 0 saturated heterocycles. The van der Waals surface area contributed by atoms with Gasteiger partial charge in [-0.15, -0.1) is 0 Å². The van der Waals surface area contributed by atoms with Crippen molar-refractivity contribution in [3.63, 3.8) is 0 Å². The third-order valence-corrected chi connectivity index (χ3v) is 2.44. The molecule has 1 aromatic carbocycles. The minimum atomic E-state index is -0.0956. The van der Waals surface area contributed by atoms with E-state index in [1.165, 1.54) is 0 Å². The van der Waals surface area contributed by atoms with Crippen LogP contribution >= 0.6 is 0 Å². The first-order valence-electron chi connectivity index (χ1n) is 5.47. The molecule has 0 spiro atoms. The highest BCUT2D eigenvalue weighted by Crippen LogP contribution is 2.10. The fourth-order valence-corrected chi connectivity index (χ4v) is 1.41. The predicted octanol–water partition coefficient (Wildman–Crippen LogP) is 2.05. The normalized spacial score (nSPS) is 9.94. The summed E-state index contributed by atoms with van der Waals surface area (Å²) in [5, 5.41) is 11.7. The van der Waals surface area contributed by atoms with Gasteiger partial charge >= 0.3 is 6.03 Å². The van der Waals surface area contributed by atoms with Crippen molar-refractivity contribution in [2.45, 2.75) is 20.5 Å². The summed E-state index contributed by atoms with van der Waals surface area (Å²) in [6.45, 7) is 5.29. The van der Waals surface area contributed by atoms with Crippen LogP contribution in [0.5, 0.6) is 0 Å². The number of aliphatic hydroxyl groups excluding tert-OH is 1. The van der Waals surface area contributed by atoms with Gasteiger partial charge in [0.05, 0.1) is 6.61 Å². The Morgan fingerprint density at radius 2 is 1.81 bits per heavy atom. The summed E-state index contributed by atoms with van der Waals surface area (Å²) in [5.41, 5.74) is 1.58. The quantitative estimate of drug-likeness (QED) is 0.819. The number of amides is 2. The smallest absolute Gasteiger partial charge is 0.321 e. The number of benzene rings is 1. The van der Waals surface area contributed by atoms with Crippen molar-refractivity contribution in [1.82, 2.24) is 4.90 Å². The van der Waals surface area contributed by atoms with E-state index in [0.29, 0.717) is 13.1 Å². The van der Waals surface area contributed by atoms with Gasteiger partial charge in [-0.3, -0.25) is 0 Å². The van der Waals surface area contributed by atoms with Crippen LogP contribution in [-0.4, -0.2) is 29.1 Å². The summed E-state index contributed by atoms with van der Waals surface area (Å²) in [5.74, 6) is 0. The molecule has 88 valence electrons. The number of carbonyl (C=O) groups excluding carboxylic acids is 1. The molecule has 0 aromatic heterocycles. The van der Waals surface area contributed by atoms with Crippen LogP contribution in [0.15, 0.2) is 24.3 Å². The first-order chi connectivity index (χ1) is 7.71. The van der Waals surface area contributed by atoms with E-state index in [-0.39, 0.29) is 12.6 Å². The Balaban J connectivity index is 2.62. The van der Waals surface area contributed by atoms with E-state index >= 15 is 0 Å². The largest absolute Gasteiger partial charge is 0.392 e. The van der Waals surface area contributed by atoms with Gasteiger partial charge in [0.25, 0.3) is 0 Å². The SMILES string of the molecule is CCN(CC)C(=O)Nc1ccc(CO)cc1. The summed E-state index contributed by atoms with van der Waals surface area (Å²) < 4.78 is 0. The fourth-order valence-electron chi connectivity index (χ4n) is 1.41. The minimum Gasteiger partial charge on any atom is -0.392 e. The maximum absolute atomic E-state index is 11.7. The Labute approximate surface area is 95.9 Å². The second-order valence-electron chi connectivity index (χ2n) is 3.46. The zero-order valence-corrected chi connectivity index (χ0v) is 9.73. The molecule has 4 heteroatoms. The van der Waals surface area contributed by atoms with Crippen LogP contribution in [0.1, 0.15) is 19.4 Å². The van der Waals surface area contributed by atoms with Gasteiger partial charge in [-0.05, 0) is 31.5 Å². The molecule has 0 fully saturated rings. The highest BCUT2D eigenvalue weighted by atomic mass is 16.3. The number of hydrogen-bond acceptors (Lipinski definition) is 2. The van der Waals surface area contributed by atoms with Gasteiger partial charge in [0.2, 0.25) is 0 Å². The molecule has 0 heterocycles. The van der Waals surface area contributed by atoms with Crippen LogP contribution in [-0.2, 0) is 6.61 Å². The van der Waals surface area contributed by atoms with Crippen LogP contribution in [0.2, 0.25) is 0 Å².